The molecule has 25 heavy (non-hydrogen) atoms. The van der Waals surface area contributed by atoms with Crippen LogP contribution in [0.4, 0.5) is 0 Å². The Morgan fingerprint density at radius 1 is 1.28 bits per heavy atom. The van der Waals surface area contributed by atoms with Crippen LogP contribution in [0.15, 0.2) is 32.3 Å². The minimum atomic E-state index is -3.84. The molecule has 134 valence electrons. The topological polar surface area (TPSA) is 102 Å². The molecule has 4 rings (SSSR count). The first-order valence-corrected chi connectivity index (χ1v) is 9.74. The predicted octanol–water partition coefficient (Wildman–Crippen LogP) is 0.563. The van der Waals surface area contributed by atoms with Gasteiger partial charge in [-0.25, -0.2) is 13.2 Å². The summed E-state index contributed by atoms with van der Waals surface area (Å²) < 4.78 is 33.7. The van der Waals surface area contributed by atoms with Crippen LogP contribution in [-0.4, -0.2) is 41.8 Å². The first kappa shape index (κ1) is 16.3. The largest absolute Gasteiger partial charge is 0.419 e. The number of hydrogen-bond donors (Lipinski definition) is 1. The quantitative estimate of drug-likeness (QED) is 0.853. The van der Waals surface area contributed by atoms with Gasteiger partial charge in [-0.1, -0.05) is 0 Å². The summed E-state index contributed by atoms with van der Waals surface area (Å²) in [6.45, 7) is 0.307. The number of fused-ring (bicyclic) bond motifs is 1. The highest BCUT2D eigenvalue weighted by Gasteiger charge is 2.41. The lowest BCUT2D eigenvalue weighted by molar-refractivity contribution is -0.124. The van der Waals surface area contributed by atoms with Crippen LogP contribution in [0, 0.1) is 0 Å². The fraction of sp³-hybridized carbons (Fsp3) is 0.500. The monoisotopic (exact) mass is 365 g/mol. The van der Waals surface area contributed by atoms with E-state index in [4.69, 9.17) is 4.42 Å². The van der Waals surface area contributed by atoms with Gasteiger partial charge in [-0.15, -0.1) is 0 Å². The number of amides is 1. The molecule has 1 N–H and O–H groups in total. The van der Waals surface area contributed by atoms with Crippen LogP contribution in [-0.2, 0) is 21.9 Å². The molecule has 2 heterocycles. The van der Waals surface area contributed by atoms with Gasteiger partial charge in [-0.05, 0) is 37.8 Å². The molecule has 1 amide bonds. The molecule has 0 unspecified atom stereocenters. The summed E-state index contributed by atoms with van der Waals surface area (Å²) in [5, 5.41) is 2.88. The zero-order chi connectivity index (χ0) is 17.8. The minimum absolute atomic E-state index is 0.0282. The van der Waals surface area contributed by atoms with Crippen molar-refractivity contribution in [1.82, 2.24) is 14.2 Å². The van der Waals surface area contributed by atoms with Crippen LogP contribution >= 0.6 is 0 Å². The summed E-state index contributed by atoms with van der Waals surface area (Å²) in [5.41, 5.74) is 0.736. The molecule has 1 aromatic heterocycles. The molecule has 1 saturated carbocycles. The molecule has 2 fully saturated rings. The molecule has 0 bridgehead atoms. The van der Waals surface area contributed by atoms with Crippen LogP contribution in [0.25, 0.3) is 11.1 Å². The second-order valence-electron chi connectivity index (χ2n) is 6.61. The minimum Gasteiger partial charge on any atom is -0.408 e. The Hall–Kier alpha value is -2.13. The van der Waals surface area contributed by atoms with Crippen molar-refractivity contribution < 1.29 is 17.6 Å². The number of carbonyl (C=O) groups is 1. The lowest BCUT2D eigenvalue weighted by atomic mass is 10.2. The van der Waals surface area contributed by atoms with Gasteiger partial charge in [-0.3, -0.25) is 9.36 Å². The summed E-state index contributed by atoms with van der Waals surface area (Å²) in [4.78, 5) is 24.0. The highest BCUT2D eigenvalue weighted by atomic mass is 32.2. The maximum absolute atomic E-state index is 13.0. The number of aryl methyl sites for hydroxylation is 1. The Balaban J connectivity index is 1.68. The number of aromatic nitrogens is 1. The Bertz CT molecular complexity index is 1000. The maximum atomic E-state index is 13.0. The third-order valence-electron chi connectivity index (χ3n) is 4.80. The number of oxazole rings is 1. The molecular weight excluding hydrogens is 346 g/mol. The Labute approximate surface area is 144 Å². The molecule has 1 saturated heterocycles. The SMILES string of the molecule is Cn1c(=O)oc2cc(S(=O)(=O)N3CCC[C@@H]3C(=O)NC3CC3)ccc21. The number of sulfonamides is 1. The van der Waals surface area contributed by atoms with Gasteiger partial charge in [0.2, 0.25) is 15.9 Å². The number of hydrogen-bond acceptors (Lipinski definition) is 5. The summed E-state index contributed by atoms with van der Waals surface area (Å²) in [6.07, 6.45) is 3.06. The highest BCUT2D eigenvalue weighted by molar-refractivity contribution is 7.89. The van der Waals surface area contributed by atoms with E-state index in [9.17, 15) is 18.0 Å². The molecule has 0 radical (unpaired) electrons. The maximum Gasteiger partial charge on any atom is 0.419 e. The number of nitrogens with one attached hydrogen (secondary N) is 1. The van der Waals surface area contributed by atoms with Crippen molar-refractivity contribution in [1.29, 1.82) is 0 Å². The Morgan fingerprint density at radius 3 is 2.76 bits per heavy atom. The lowest BCUT2D eigenvalue weighted by Crippen LogP contribution is -2.46. The van der Waals surface area contributed by atoms with Crippen molar-refractivity contribution in [3.63, 3.8) is 0 Å². The molecule has 2 aromatic rings. The van der Waals surface area contributed by atoms with Crippen molar-refractivity contribution in [2.24, 2.45) is 7.05 Å². The van der Waals surface area contributed by atoms with Crippen LogP contribution in [0.3, 0.4) is 0 Å². The van der Waals surface area contributed by atoms with Crippen LogP contribution < -0.4 is 11.1 Å². The van der Waals surface area contributed by atoms with E-state index in [0.717, 1.165) is 12.8 Å². The summed E-state index contributed by atoms with van der Waals surface area (Å²) >= 11 is 0. The van der Waals surface area contributed by atoms with Gasteiger partial charge in [0.25, 0.3) is 0 Å². The molecule has 1 aliphatic heterocycles. The van der Waals surface area contributed by atoms with Crippen LogP contribution in [0.2, 0.25) is 0 Å². The fourth-order valence-electron chi connectivity index (χ4n) is 3.22. The zero-order valence-corrected chi connectivity index (χ0v) is 14.6. The second-order valence-corrected chi connectivity index (χ2v) is 8.50. The van der Waals surface area contributed by atoms with E-state index in [2.05, 4.69) is 5.32 Å². The molecule has 1 aromatic carbocycles. The van der Waals surface area contributed by atoms with Gasteiger partial charge in [0.15, 0.2) is 5.58 Å². The van der Waals surface area contributed by atoms with Crippen molar-refractivity contribution in [2.75, 3.05) is 6.54 Å². The third-order valence-corrected chi connectivity index (χ3v) is 6.70. The van der Waals surface area contributed by atoms with Gasteiger partial charge < -0.3 is 9.73 Å². The van der Waals surface area contributed by atoms with Crippen LogP contribution in [0.5, 0.6) is 0 Å². The van der Waals surface area contributed by atoms with E-state index in [1.165, 1.54) is 21.0 Å². The normalized spacial score (nSPS) is 21.7. The van der Waals surface area contributed by atoms with Gasteiger partial charge in [-0.2, -0.15) is 4.31 Å². The standard InChI is InChI=1S/C16H19N3O5S/c1-18-12-7-6-11(9-14(12)24-16(18)21)25(22,23)19-8-2-3-13(19)15(20)17-10-4-5-10/h6-7,9-10,13H,2-5,8H2,1H3,(H,17,20)/t13-/m1/s1. The lowest BCUT2D eigenvalue weighted by Gasteiger charge is -2.23. The van der Waals surface area contributed by atoms with Crippen molar-refractivity contribution in [3.05, 3.63) is 28.7 Å². The number of benzene rings is 1. The Morgan fingerprint density at radius 2 is 2.04 bits per heavy atom. The highest BCUT2D eigenvalue weighted by Crippen LogP contribution is 2.29. The summed E-state index contributed by atoms with van der Waals surface area (Å²) in [5.74, 6) is -0.775. The van der Waals surface area contributed by atoms with Crippen LogP contribution in [0.1, 0.15) is 25.7 Å². The molecule has 1 atom stereocenters. The number of nitrogens with zero attached hydrogens (tertiary/aromatic N) is 2. The van der Waals surface area contributed by atoms with Crippen molar-refractivity contribution in [2.45, 2.75) is 42.7 Å². The number of carbonyl (C=O) groups excluding carboxylic acids is 1. The van der Waals surface area contributed by atoms with E-state index in [0.29, 0.717) is 24.9 Å². The number of rotatable bonds is 4. The first-order chi connectivity index (χ1) is 11.9. The molecule has 8 nitrogen and oxygen atoms in total. The Kier molecular flexibility index (Phi) is 3.73. The average Bonchev–Trinajstić information content (AvgIpc) is 3.15. The summed E-state index contributed by atoms with van der Waals surface area (Å²) in [7, 11) is -2.29. The first-order valence-electron chi connectivity index (χ1n) is 8.30. The molecule has 2 aliphatic rings. The van der Waals surface area contributed by atoms with E-state index in [1.807, 2.05) is 0 Å². The molecule has 9 heteroatoms. The molecule has 1 aliphatic carbocycles. The third kappa shape index (κ3) is 2.77. The summed E-state index contributed by atoms with van der Waals surface area (Å²) in [6, 6.07) is 3.85. The molecule has 0 spiro atoms. The smallest absolute Gasteiger partial charge is 0.408 e. The fourth-order valence-corrected chi connectivity index (χ4v) is 4.90. The van der Waals surface area contributed by atoms with Gasteiger partial charge >= 0.3 is 5.76 Å². The predicted molar refractivity (Wildman–Crippen MR) is 89.5 cm³/mol. The van der Waals surface area contributed by atoms with E-state index < -0.39 is 21.8 Å². The van der Waals surface area contributed by atoms with Gasteiger partial charge in [0.05, 0.1) is 10.4 Å². The van der Waals surface area contributed by atoms with E-state index >= 15 is 0 Å². The van der Waals surface area contributed by atoms with Gasteiger partial charge in [0.1, 0.15) is 6.04 Å². The average molecular weight is 365 g/mol. The zero-order valence-electron chi connectivity index (χ0n) is 13.8. The van der Waals surface area contributed by atoms with E-state index in [-0.39, 0.29) is 22.4 Å². The van der Waals surface area contributed by atoms with Crippen molar-refractivity contribution >= 4 is 27.0 Å². The van der Waals surface area contributed by atoms with E-state index in [1.54, 1.807) is 13.1 Å². The van der Waals surface area contributed by atoms with Gasteiger partial charge in [0, 0.05) is 25.7 Å². The molecular formula is C16H19N3O5S. The van der Waals surface area contributed by atoms with Crippen molar-refractivity contribution in [3.8, 4) is 0 Å². The second kappa shape index (κ2) is 5.70.